The van der Waals surface area contributed by atoms with Crippen LogP contribution >= 0.6 is 11.6 Å². The van der Waals surface area contributed by atoms with Crippen molar-refractivity contribution < 1.29 is 19.1 Å². The molecular weight excluding hydrogens is 370 g/mol. The van der Waals surface area contributed by atoms with E-state index < -0.39 is 34.1 Å². The number of Topliss-reactive ketones (excluding diaryl/α,β-unsaturated/α-hetero) is 1. The van der Waals surface area contributed by atoms with E-state index in [1.54, 1.807) is 0 Å². The van der Waals surface area contributed by atoms with Gasteiger partial charge in [-0.05, 0) is 6.92 Å². The number of esters is 1. The number of ketones is 1. The lowest BCUT2D eigenvalue weighted by atomic mass is 9.81. The minimum atomic E-state index is -2.40. The van der Waals surface area contributed by atoms with Crippen molar-refractivity contribution in [2.75, 3.05) is 12.0 Å². The van der Waals surface area contributed by atoms with Gasteiger partial charge in [-0.2, -0.15) is 10.2 Å². The Bertz CT molecular complexity index is 1020. The Morgan fingerprint density at radius 3 is 2.92 bits per heavy atom. The first-order valence-electron chi connectivity index (χ1n) is 7.17. The summed E-state index contributed by atoms with van der Waals surface area (Å²) in [7, 11) is 0. The van der Waals surface area contributed by atoms with Gasteiger partial charge in [0.2, 0.25) is 5.95 Å². The van der Waals surface area contributed by atoms with Gasteiger partial charge in [0.25, 0.3) is 22.8 Å². The highest BCUT2D eigenvalue weighted by Crippen LogP contribution is 2.38. The number of alkyl halides is 1. The molecule has 0 saturated carbocycles. The Morgan fingerprint density at radius 2 is 2.27 bits per heavy atom. The summed E-state index contributed by atoms with van der Waals surface area (Å²) in [6, 6.07) is 1.28. The van der Waals surface area contributed by atoms with Crippen molar-refractivity contribution >= 4 is 46.4 Å². The van der Waals surface area contributed by atoms with Gasteiger partial charge in [0.05, 0.1) is 12.9 Å². The van der Waals surface area contributed by atoms with Crippen LogP contribution in [-0.2, 0) is 19.1 Å². The predicted molar refractivity (Wildman–Crippen MR) is 84.6 cm³/mol. The summed E-state index contributed by atoms with van der Waals surface area (Å²) < 4.78 is 4.80. The third-order valence-corrected chi connectivity index (χ3v) is 4.21. The van der Waals surface area contributed by atoms with E-state index in [1.165, 1.54) is 19.3 Å². The second-order valence-electron chi connectivity index (χ2n) is 5.09. The molecule has 0 bridgehead atoms. The zero-order chi connectivity index (χ0) is 19.1. The highest BCUT2D eigenvalue weighted by atomic mass is 35.5. The number of β-lactam (4-membered cyclic amide) rings is 1. The molecule has 2 unspecified atom stereocenters. The number of carbonyl (C=O) groups excluding carboxylic acids is 3. The van der Waals surface area contributed by atoms with Crippen molar-refractivity contribution in [3.63, 3.8) is 0 Å². The van der Waals surface area contributed by atoms with Gasteiger partial charge >= 0.3 is 5.97 Å². The molecule has 1 amide bonds. The number of anilines is 1. The molecule has 0 radical (unpaired) electrons. The molecule has 1 saturated heterocycles. The van der Waals surface area contributed by atoms with E-state index in [9.17, 15) is 19.2 Å². The van der Waals surface area contributed by atoms with Crippen LogP contribution in [0.4, 0.5) is 5.95 Å². The summed E-state index contributed by atoms with van der Waals surface area (Å²) in [6.07, 6.45) is 1.24. The molecule has 26 heavy (non-hydrogen) atoms. The molecule has 13 heteroatoms. The molecule has 0 aromatic carbocycles. The Kier molecular flexibility index (Phi) is 4.09. The number of aromatic nitrogens is 4. The van der Waals surface area contributed by atoms with Crippen LogP contribution in [0.25, 0.3) is 11.2 Å². The zero-order valence-corrected chi connectivity index (χ0v) is 13.8. The van der Waals surface area contributed by atoms with E-state index in [2.05, 4.69) is 25.4 Å². The number of fused-ring (bicyclic) bond motifs is 1. The summed E-state index contributed by atoms with van der Waals surface area (Å²) in [6.45, 7) is 1.37. The lowest BCUT2D eigenvalue weighted by Crippen LogP contribution is -2.81. The Balaban J connectivity index is 2.04. The van der Waals surface area contributed by atoms with Crippen molar-refractivity contribution in [2.24, 2.45) is 0 Å². The number of carbonyl (C=O) groups is 3. The fourth-order valence-electron chi connectivity index (χ4n) is 2.49. The Morgan fingerprint density at radius 1 is 1.54 bits per heavy atom. The van der Waals surface area contributed by atoms with E-state index >= 15 is 0 Å². The first kappa shape index (κ1) is 17.4. The molecule has 0 spiro atoms. The fourth-order valence-corrected chi connectivity index (χ4v) is 2.87. The summed E-state index contributed by atoms with van der Waals surface area (Å²) in [5.41, 5.74) is -0.564. The van der Waals surface area contributed by atoms with E-state index in [4.69, 9.17) is 21.6 Å². The SMILES string of the molecule is CCOC(=O)C1(C(=O)C#N)C(Cl)C(=O)N1Nc1nc2nc[nH]c2c(=O)[nH]1. The number of aromatic amines is 2. The number of hydrogen-bond donors (Lipinski definition) is 3. The number of hydrazine groups is 1. The maximum Gasteiger partial charge on any atom is 0.345 e. The average molecular weight is 380 g/mol. The molecule has 1 aliphatic heterocycles. The van der Waals surface area contributed by atoms with Gasteiger partial charge in [0.1, 0.15) is 6.07 Å². The lowest BCUT2D eigenvalue weighted by Gasteiger charge is -2.49. The molecule has 1 aliphatic rings. The van der Waals surface area contributed by atoms with Gasteiger partial charge in [-0.15, -0.1) is 11.6 Å². The van der Waals surface area contributed by atoms with Crippen LogP contribution in [0.5, 0.6) is 0 Å². The molecule has 3 N–H and O–H groups in total. The summed E-state index contributed by atoms with van der Waals surface area (Å²) >= 11 is 5.88. The van der Waals surface area contributed by atoms with Gasteiger partial charge in [0.15, 0.2) is 16.5 Å². The molecule has 0 aliphatic carbocycles. The smallest absolute Gasteiger partial charge is 0.345 e. The molecule has 2 aromatic heterocycles. The first-order chi connectivity index (χ1) is 12.4. The van der Waals surface area contributed by atoms with Crippen LogP contribution in [0.2, 0.25) is 0 Å². The number of rotatable bonds is 5. The number of imidazole rings is 1. The van der Waals surface area contributed by atoms with Gasteiger partial charge < -0.3 is 9.72 Å². The number of nitrogens with one attached hydrogen (secondary N) is 3. The van der Waals surface area contributed by atoms with Crippen LogP contribution in [0.15, 0.2) is 11.1 Å². The number of hydrogen-bond acceptors (Lipinski definition) is 9. The quantitative estimate of drug-likeness (QED) is 0.190. The zero-order valence-electron chi connectivity index (χ0n) is 13.1. The maximum atomic E-state index is 12.3. The molecule has 12 nitrogen and oxygen atoms in total. The normalized spacial score (nSPS) is 21.8. The number of nitrogens with zero attached hydrogens (tertiary/aromatic N) is 4. The molecule has 2 aromatic rings. The van der Waals surface area contributed by atoms with Crippen LogP contribution in [-0.4, -0.2) is 60.1 Å². The molecule has 3 rings (SSSR count). The topological polar surface area (TPSA) is 174 Å². The van der Waals surface area contributed by atoms with Crippen molar-refractivity contribution in [3.05, 3.63) is 16.7 Å². The van der Waals surface area contributed by atoms with E-state index in [-0.39, 0.29) is 23.7 Å². The van der Waals surface area contributed by atoms with Gasteiger partial charge in [-0.25, -0.2) is 14.8 Å². The van der Waals surface area contributed by atoms with Crippen LogP contribution < -0.4 is 11.0 Å². The second-order valence-corrected chi connectivity index (χ2v) is 5.53. The monoisotopic (exact) mass is 379 g/mol. The van der Waals surface area contributed by atoms with Gasteiger partial charge in [-0.3, -0.25) is 24.8 Å². The largest absolute Gasteiger partial charge is 0.464 e. The van der Waals surface area contributed by atoms with Crippen LogP contribution in [0.3, 0.4) is 0 Å². The minimum Gasteiger partial charge on any atom is -0.464 e. The average Bonchev–Trinajstić information content (AvgIpc) is 3.10. The number of halogens is 1. The number of amides is 1. The maximum absolute atomic E-state index is 12.3. The number of H-pyrrole nitrogens is 2. The van der Waals surface area contributed by atoms with Crippen molar-refractivity contribution in [3.8, 4) is 6.07 Å². The second kappa shape index (κ2) is 6.12. The molecule has 3 heterocycles. The summed E-state index contributed by atoms with van der Waals surface area (Å²) in [5.74, 6) is -3.65. The molecule has 1 fully saturated rings. The van der Waals surface area contributed by atoms with E-state index in [0.717, 1.165) is 0 Å². The molecule has 134 valence electrons. The van der Waals surface area contributed by atoms with Gasteiger partial charge in [-0.1, -0.05) is 0 Å². The standard InChI is InChI=1S/C13H10ClN7O5/c1-2-26-11(25)13(5(22)3-15)7(14)10(24)21(13)20-12-18-8-6(9(23)19-12)16-4-17-8/h4,7H,2H2,1H3,(H3,16,17,18,19,20,23). The molecular formula is C13H10ClN7O5. The lowest BCUT2D eigenvalue weighted by molar-refractivity contribution is -0.178. The third kappa shape index (κ3) is 2.21. The van der Waals surface area contributed by atoms with Crippen LogP contribution in [0, 0.1) is 11.3 Å². The minimum absolute atomic E-state index is 0.0278. The number of ether oxygens (including phenoxy) is 1. The van der Waals surface area contributed by atoms with E-state index in [1.807, 2.05) is 0 Å². The van der Waals surface area contributed by atoms with Crippen molar-refractivity contribution in [2.45, 2.75) is 17.8 Å². The number of nitriles is 1. The summed E-state index contributed by atoms with van der Waals surface area (Å²) in [5, 5.41) is 7.85. The first-order valence-corrected chi connectivity index (χ1v) is 7.61. The third-order valence-electron chi connectivity index (χ3n) is 3.70. The highest BCUT2D eigenvalue weighted by molar-refractivity contribution is 6.43. The van der Waals surface area contributed by atoms with E-state index in [0.29, 0.717) is 5.01 Å². The Hall–Kier alpha value is -3.46. The van der Waals surface area contributed by atoms with Crippen molar-refractivity contribution in [1.82, 2.24) is 24.9 Å². The highest BCUT2D eigenvalue weighted by Gasteiger charge is 2.71. The molecule has 2 atom stereocenters. The van der Waals surface area contributed by atoms with Crippen molar-refractivity contribution in [1.29, 1.82) is 5.26 Å². The fraction of sp³-hybridized carbons (Fsp3) is 0.308. The Labute approximate surface area is 149 Å². The summed E-state index contributed by atoms with van der Waals surface area (Å²) in [4.78, 5) is 61.1. The predicted octanol–water partition coefficient (Wildman–Crippen LogP) is -1.18. The van der Waals surface area contributed by atoms with Gasteiger partial charge in [0, 0.05) is 0 Å². The van der Waals surface area contributed by atoms with Crippen LogP contribution in [0.1, 0.15) is 6.92 Å².